The van der Waals surface area contributed by atoms with Crippen LogP contribution in [-0.2, 0) is 0 Å². The Morgan fingerprint density at radius 3 is 2.31 bits per heavy atom. The number of anilines is 1. The normalized spacial score (nSPS) is 14.3. The van der Waals surface area contributed by atoms with E-state index in [0.717, 1.165) is 35.5 Å². The maximum absolute atomic E-state index is 13.0. The highest BCUT2D eigenvalue weighted by molar-refractivity contribution is 6.33. The molecule has 1 aliphatic heterocycles. The van der Waals surface area contributed by atoms with Crippen LogP contribution in [0.4, 0.5) is 5.69 Å². The average molecular weight is 448 g/mol. The molecule has 1 aliphatic rings. The molecule has 5 nitrogen and oxygen atoms in total. The number of hydrogen-bond donors (Lipinski definition) is 1. The molecular weight excluding hydrogens is 422 g/mol. The summed E-state index contributed by atoms with van der Waals surface area (Å²) in [5, 5.41) is 3.45. The fourth-order valence-electron chi connectivity index (χ4n) is 4.08. The molecule has 1 aromatic heterocycles. The van der Waals surface area contributed by atoms with E-state index in [1.807, 2.05) is 67.3 Å². The molecule has 3 aromatic rings. The Morgan fingerprint density at radius 1 is 0.938 bits per heavy atom. The number of amides is 2. The van der Waals surface area contributed by atoms with E-state index in [2.05, 4.69) is 5.32 Å². The summed E-state index contributed by atoms with van der Waals surface area (Å²) in [6.07, 6.45) is 1.49. The summed E-state index contributed by atoms with van der Waals surface area (Å²) in [6, 6.07) is 18.6. The van der Waals surface area contributed by atoms with Gasteiger partial charge < -0.3 is 10.2 Å². The number of aromatic nitrogens is 1. The Hall–Kier alpha value is -3.18. The van der Waals surface area contributed by atoms with Crippen LogP contribution < -0.4 is 5.32 Å². The van der Waals surface area contributed by atoms with Gasteiger partial charge in [-0.2, -0.15) is 0 Å². The van der Waals surface area contributed by atoms with Crippen molar-refractivity contribution in [3.8, 4) is 0 Å². The number of carbonyl (C=O) groups is 2. The number of likely N-dealkylation sites (tertiary alicyclic amines) is 1. The van der Waals surface area contributed by atoms with E-state index in [1.54, 1.807) is 12.1 Å². The summed E-state index contributed by atoms with van der Waals surface area (Å²) in [7, 11) is 0. The first kappa shape index (κ1) is 22.0. The molecule has 0 radical (unpaired) electrons. The molecule has 6 heteroatoms. The predicted octanol–water partition coefficient (Wildman–Crippen LogP) is 5.62. The van der Waals surface area contributed by atoms with Gasteiger partial charge in [-0.3, -0.25) is 14.6 Å². The lowest BCUT2D eigenvalue weighted by atomic mass is 9.89. The van der Waals surface area contributed by atoms with Crippen LogP contribution in [0.2, 0.25) is 5.02 Å². The van der Waals surface area contributed by atoms with Crippen LogP contribution in [0.1, 0.15) is 56.4 Å². The highest BCUT2D eigenvalue weighted by Crippen LogP contribution is 2.31. The molecule has 2 aromatic carbocycles. The zero-order valence-corrected chi connectivity index (χ0v) is 19.0. The van der Waals surface area contributed by atoms with E-state index < -0.39 is 0 Å². The number of benzene rings is 2. The molecule has 164 valence electrons. The number of halogens is 1. The van der Waals surface area contributed by atoms with Crippen LogP contribution in [0, 0.1) is 13.8 Å². The van der Waals surface area contributed by atoms with Gasteiger partial charge in [-0.05, 0) is 63.1 Å². The largest absolute Gasteiger partial charge is 0.339 e. The van der Waals surface area contributed by atoms with E-state index in [1.165, 1.54) is 0 Å². The van der Waals surface area contributed by atoms with Crippen LogP contribution in [0.5, 0.6) is 0 Å². The number of nitrogens with one attached hydrogen (secondary N) is 1. The van der Waals surface area contributed by atoms with E-state index in [4.69, 9.17) is 16.6 Å². The molecule has 0 bridgehead atoms. The fraction of sp³-hybridized carbons (Fsp3) is 0.269. The van der Waals surface area contributed by atoms with Crippen LogP contribution in [0.25, 0.3) is 0 Å². The van der Waals surface area contributed by atoms with Crippen molar-refractivity contribution in [1.82, 2.24) is 9.88 Å². The van der Waals surface area contributed by atoms with E-state index in [-0.39, 0.29) is 17.7 Å². The molecule has 1 saturated heterocycles. The van der Waals surface area contributed by atoms with Crippen molar-refractivity contribution in [2.24, 2.45) is 0 Å². The summed E-state index contributed by atoms with van der Waals surface area (Å²) in [4.78, 5) is 32.5. The van der Waals surface area contributed by atoms with Crippen molar-refractivity contribution >= 4 is 29.1 Å². The van der Waals surface area contributed by atoms with E-state index in [9.17, 15) is 9.59 Å². The van der Waals surface area contributed by atoms with Crippen molar-refractivity contribution in [1.29, 1.82) is 0 Å². The lowest BCUT2D eigenvalue weighted by molar-refractivity contribution is 0.0711. The summed E-state index contributed by atoms with van der Waals surface area (Å²) < 4.78 is 0. The first-order valence-electron chi connectivity index (χ1n) is 10.8. The highest BCUT2D eigenvalue weighted by atomic mass is 35.5. The zero-order chi connectivity index (χ0) is 22.7. The van der Waals surface area contributed by atoms with Gasteiger partial charge in [0.1, 0.15) is 0 Å². The van der Waals surface area contributed by atoms with Crippen molar-refractivity contribution < 1.29 is 9.59 Å². The lowest BCUT2D eigenvalue weighted by Crippen LogP contribution is -2.38. The number of hydrogen-bond acceptors (Lipinski definition) is 3. The third-order valence-electron chi connectivity index (χ3n) is 5.89. The van der Waals surface area contributed by atoms with Gasteiger partial charge in [0.15, 0.2) is 0 Å². The lowest BCUT2D eigenvalue weighted by Gasteiger charge is -2.32. The van der Waals surface area contributed by atoms with Gasteiger partial charge in [0, 0.05) is 30.4 Å². The summed E-state index contributed by atoms with van der Waals surface area (Å²) in [5.41, 5.74) is 4.69. The molecule has 0 saturated carbocycles. The molecule has 32 heavy (non-hydrogen) atoms. The highest BCUT2D eigenvalue weighted by Gasteiger charge is 2.29. The monoisotopic (exact) mass is 447 g/mol. The first-order chi connectivity index (χ1) is 15.4. The van der Waals surface area contributed by atoms with E-state index in [0.29, 0.717) is 29.2 Å². The third-order valence-corrected chi connectivity index (χ3v) is 6.22. The minimum absolute atomic E-state index is 0.0522. The van der Waals surface area contributed by atoms with Gasteiger partial charge in [-0.25, -0.2) is 0 Å². The molecule has 2 amide bonds. The maximum Gasteiger partial charge on any atom is 0.257 e. The Balaban J connectivity index is 1.49. The second-order valence-electron chi connectivity index (χ2n) is 8.25. The molecule has 1 fully saturated rings. The molecule has 4 rings (SSSR count). The quantitative estimate of drug-likeness (QED) is 0.564. The number of nitrogens with zero attached hydrogens (tertiary/aromatic N) is 2. The van der Waals surface area contributed by atoms with Crippen molar-refractivity contribution in [3.05, 3.63) is 93.8 Å². The Kier molecular flexibility index (Phi) is 6.56. The Morgan fingerprint density at radius 2 is 1.62 bits per heavy atom. The number of pyridine rings is 1. The smallest absolute Gasteiger partial charge is 0.257 e. The Bertz CT molecular complexity index is 1140. The third kappa shape index (κ3) is 4.83. The average Bonchev–Trinajstić information content (AvgIpc) is 2.80. The second-order valence-corrected chi connectivity index (χ2v) is 8.66. The van der Waals surface area contributed by atoms with Crippen molar-refractivity contribution in [2.75, 3.05) is 18.4 Å². The zero-order valence-electron chi connectivity index (χ0n) is 18.3. The molecule has 0 spiro atoms. The van der Waals surface area contributed by atoms with Crippen LogP contribution in [0.15, 0.2) is 60.7 Å². The van der Waals surface area contributed by atoms with Gasteiger partial charge >= 0.3 is 0 Å². The summed E-state index contributed by atoms with van der Waals surface area (Å²) >= 11 is 6.21. The van der Waals surface area contributed by atoms with Crippen molar-refractivity contribution in [3.63, 3.8) is 0 Å². The molecule has 1 N–H and O–H groups in total. The Labute approximate surface area is 193 Å². The molecular formula is C26H26ClN3O2. The molecule has 0 atom stereocenters. The number of aryl methyl sites for hydroxylation is 2. The second kappa shape index (κ2) is 9.53. The van der Waals surface area contributed by atoms with Gasteiger partial charge in [0.05, 0.1) is 21.8 Å². The van der Waals surface area contributed by atoms with Crippen molar-refractivity contribution in [2.45, 2.75) is 32.6 Å². The van der Waals surface area contributed by atoms with Gasteiger partial charge in [0.25, 0.3) is 11.8 Å². The molecule has 0 aliphatic carbocycles. The van der Waals surface area contributed by atoms with Gasteiger partial charge in [-0.1, -0.05) is 41.4 Å². The predicted molar refractivity (Wildman–Crippen MR) is 127 cm³/mol. The molecule has 0 unspecified atom stereocenters. The number of piperidine rings is 1. The first-order valence-corrected chi connectivity index (χ1v) is 11.2. The molecule has 2 heterocycles. The van der Waals surface area contributed by atoms with E-state index >= 15 is 0 Å². The standard InChI is InChI=1S/C26H26ClN3O2/c1-17-7-10-20(11-8-17)29-25(31)22-12-9-18(2)28-24(22)19-13-15-30(16-14-19)26(32)21-5-3-4-6-23(21)27/h3-12,19H,13-16H2,1-2H3,(H,29,31). The van der Waals surface area contributed by atoms with Crippen LogP contribution >= 0.6 is 11.6 Å². The van der Waals surface area contributed by atoms with Crippen LogP contribution in [0.3, 0.4) is 0 Å². The fourth-order valence-corrected chi connectivity index (χ4v) is 4.29. The topological polar surface area (TPSA) is 62.3 Å². The summed E-state index contributed by atoms with van der Waals surface area (Å²) in [5.74, 6) is -0.0986. The SMILES string of the molecule is Cc1ccc(NC(=O)c2ccc(C)nc2C2CCN(C(=O)c3ccccc3Cl)CC2)cc1. The minimum Gasteiger partial charge on any atom is -0.339 e. The minimum atomic E-state index is -0.161. The van der Waals surface area contributed by atoms with Crippen LogP contribution in [-0.4, -0.2) is 34.8 Å². The van der Waals surface area contributed by atoms with Gasteiger partial charge in [-0.15, -0.1) is 0 Å². The maximum atomic E-state index is 13.0. The van der Waals surface area contributed by atoms with Gasteiger partial charge in [0.2, 0.25) is 0 Å². The number of rotatable bonds is 4. The number of carbonyl (C=O) groups excluding carboxylic acids is 2. The summed E-state index contributed by atoms with van der Waals surface area (Å²) in [6.45, 7) is 5.14.